The first-order chi connectivity index (χ1) is 8.74. The van der Waals surface area contributed by atoms with Gasteiger partial charge in [0.15, 0.2) is 0 Å². The van der Waals surface area contributed by atoms with E-state index in [0.29, 0.717) is 6.54 Å². The monoisotopic (exact) mass is 247 g/mol. The maximum absolute atomic E-state index is 12.7. The van der Waals surface area contributed by atoms with Gasteiger partial charge in [-0.25, -0.2) is 4.39 Å². The van der Waals surface area contributed by atoms with Crippen molar-refractivity contribution in [2.45, 2.75) is 31.2 Å². The van der Waals surface area contributed by atoms with Crippen LogP contribution in [0.1, 0.15) is 31.2 Å². The predicted molar refractivity (Wildman–Crippen MR) is 69.6 cm³/mol. The van der Waals surface area contributed by atoms with E-state index in [4.69, 9.17) is 0 Å². The second kappa shape index (κ2) is 5.99. The lowest BCUT2D eigenvalue weighted by Crippen LogP contribution is -2.46. The SMILES string of the molecule is OCC1(NCC#Cc2ccc(F)cc2)CCCC1. The zero-order valence-electron chi connectivity index (χ0n) is 10.4. The number of aliphatic hydroxyl groups excluding tert-OH is 1. The van der Waals surface area contributed by atoms with E-state index in [1.165, 1.54) is 25.0 Å². The number of nitrogens with one attached hydrogen (secondary N) is 1. The van der Waals surface area contributed by atoms with E-state index < -0.39 is 0 Å². The molecule has 2 rings (SSSR count). The van der Waals surface area contributed by atoms with Crippen molar-refractivity contribution >= 4 is 0 Å². The van der Waals surface area contributed by atoms with E-state index in [-0.39, 0.29) is 18.0 Å². The van der Waals surface area contributed by atoms with E-state index in [1.54, 1.807) is 12.1 Å². The fraction of sp³-hybridized carbons (Fsp3) is 0.467. The van der Waals surface area contributed by atoms with E-state index in [9.17, 15) is 9.50 Å². The van der Waals surface area contributed by atoms with Crippen molar-refractivity contribution < 1.29 is 9.50 Å². The van der Waals surface area contributed by atoms with E-state index >= 15 is 0 Å². The van der Waals surface area contributed by atoms with Gasteiger partial charge in [0.1, 0.15) is 5.82 Å². The third-order valence-corrected chi connectivity index (χ3v) is 3.49. The van der Waals surface area contributed by atoms with E-state index in [0.717, 1.165) is 18.4 Å². The maximum Gasteiger partial charge on any atom is 0.123 e. The molecule has 96 valence electrons. The summed E-state index contributed by atoms with van der Waals surface area (Å²) in [6.45, 7) is 0.725. The Bertz CT molecular complexity index is 438. The van der Waals surface area contributed by atoms with Crippen LogP contribution in [0, 0.1) is 17.7 Å². The van der Waals surface area contributed by atoms with Crippen LogP contribution >= 0.6 is 0 Å². The molecule has 1 aromatic carbocycles. The van der Waals surface area contributed by atoms with Crippen molar-refractivity contribution in [3.63, 3.8) is 0 Å². The van der Waals surface area contributed by atoms with Crippen molar-refractivity contribution in [2.75, 3.05) is 13.2 Å². The molecule has 1 aliphatic carbocycles. The Morgan fingerprint density at radius 3 is 2.50 bits per heavy atom. The Labute approximate surface area is 107 Å². The summed E-state index contributed by atoms with van der Waals surface area (Å²) in [5, 5.41) is 12.7. The van der Waals surface area contributed by atoms with Crippen molar-refractivity contribution in [2.24, 2.45) is 0 Å². The van der Waals surface area contributed by atoms with Gasteiger partial charge in [0.05, 0.1) is 13.2 Å². The average molecular weight is 247 g/mol. The zero-order chi connectivity index (χ0) is 12.8. The minimum atomic E-state index is -0.246. The number of aliphatic hydroxyl groups is 1. The Balaban J connectivity index is 1.87. The van der Waals surface area contributed by atoms with Crippen LogP contribution in [-0.2, 0) is 0 Å². The van der Waals surface area contributed by atoms with Crippen LogP contribution < -0.4 is 5.32 Å². The van der Waals surface area contributed by atoms with Crippen LogP contribution in [0.3, 0.4) is 0 Å². The normalized spacial score (nSPS) is 17.2. The first kappa shape index (κ1) is 13.1. The number of hydrogen-bond donors (Lipinski definition) is 2. The molecule has 2 N–H and O–H groups in total. The molecule has 1 saturated carbocycles. The second-order valence-electron chi connectivity index (χ2n) is 4.81. The largest absolute Gasteiger partial charge is 0.394 e. The lowest BCUT2D eigenvalue weighted by molar-refractivity contribution is 0.169. The van der Waals surface area contributed by atoms with Crippen LogP contribution in [0.2, 0.25) is 0 Å². The van der Waals surface area contributed by atoms with Crippen molar-refractivity contribution in [1.82, 2.24) is 5.32 Å². The molecular formula is C15H18FNO. The fourth-order valence-electron chi connectivity index (χ4n) is 2.35. The number of halogens is 1. The summed E-state index contributed by atoms with van der Waals surface area (Å²) in [4.78, 5) is 0. The molecule has 2 nitrogen and oxygen atoms in total. The number of benzene rings is 1. The van der Waals surface area contributed by atoms with Gasteiger partial charge in [-0.3, -0.25) is 5.32 Å². The molecule has 18 heavy (non-hydrogen) atoms. The Kier molecular flexibility index (Phi) is 4.35. The number of hydrogen-bond acceptors (Lipinski definition) is 2. The topological polar surface area (TPSA) is 32.3 Å². The van der Waals surface area contributed by atoms with Gasteiger partial charge >= 0.3 is 0 Å². The highest BCUT2D eigenvalue weighted by Gasteiger charge is 2.31. The van der Waals surface area contributed by atoms with Crippen molar-refractivity contribution in [3.05, 3.63) is 35.6 Å². The van der Waals surface area contributed by atoms with Crippen LogP contribution in [0.25, 0.3) is 0 Å². The summed E-state index contributed by atoms with van der Waals surface area (Å²) in [7, 11) is 0. The third kappa shape index (κ3) is 3.32. The van der Waals surface area contributed by atoms with Gasteiger partial charge in [-0.2, -0.15) is 0 Å². The van der Waals surface area contributed by atoms with E-state index in [2.05, 4.69) is 17.2 Å². The first-order valence-corrected chi connectivity index (χ1v) is 6.34. The van der Waals surface area contributed by atoms with Gasteiger partial charge in [-0.1, -0.05) is 24.7 Å². The molecule has 0 unspecified atom stereocenters. The lowest BCUT2D eigenvalue weighted by Gasteiger charge is -2.26. The Hall–Kier alpha value is -1.37. The minimum Gasteiger partial charge on any atom is -0.394 e. The third-order valence-electron chi connectivity index (χ3n) is 3.49. The van der Waals surface area contributed by atoms with Crippen LogP contribution in [0.4, 0.5) is 4.39 Å². The molecule has 0 aliphatic heterocycles. The summed E-state index contributed by atoms with van der Waals surface area (Å²) >= 11 is 0. The molecule has 0 aromatic heterocycles. The minimum absolute atomic E-state index is 0.128. The van der Waals surface area contributed by atoms with Gasteiger partial charge in [-0.05, 0) is 37.1 Å². The van der Waals surface area contributed by atoms with Gasteiger partial charge in [0, 0.05) is 11.1 Å². The molecule has 0 saturated heterocycles. The summed E-state index contributed by atoms with van der Waals surface area (Å²) in [5.74, 6) is 5.74. The summed E-state index contributed by atoms with van der Waals surface area (Å²) < 4.78 is 12.7. The standard InChI is InChI=1S/C15H18FNO/c16-14-7-5-13(6-8-14)4-3-11-17-15(12-18)9-1-2-10-15/h5-8,17-18H,1-2,9-12H2. The first-order valence-electron chi connectivity index (χ1n) is 6.34. The summed E-state index contributed by atoms with van der Waals surface area (Å²) in [6.07, 6.45) is 4.36. The van der Waals surface area contributed by atoms with Crippen LogP contribution in [0.15, 0.2) is 24.3 Å². The van der Waals surface area contributed by atoms with E-state index in [1.807, 2.05) is 0 Å². The Morgan fingerprint density at radius 1 is 1.22 bits per heavy atom. The van der Waals surface area contributed by atoms with Crippen LogP contribution in [0.5, 0.6) is 0 Å². The Morgan fingerprint density at radius 2 is 1.89 bits per heavy atom. The predicted octanol–water partition coefficient (Wildman–Crippen LogP) is 2.07. The summed E-state index contributed by atoms with van der Waals surface area (Å²) in [6, 6.07) is 6.15. The summed E-state index contributed by atoms with van der Waals surface area (Å²) in [5.41, 5.74) is 0.681. The second-order valence-corrected chi connectivity index (χ2v) is 4.81. The fourth-order valence-corrected chi connectivity index (χ4v) is 2.35. The lowest BCUT2D eigenvalue weighted by atomic mass is 9.99. The molecule has 0 heterocycles. The molecule has 3 heteroatoms. The molecule has 0 bridgehead atoms. The van der Waals surface area contributed by atoms with Gasteiger partial charge in [0.25, 0.3) is 0 Å². The average Bonchev–Trinajstić information content (AvgIpc) is 2.86. The van der Waals surface area contributed by atoms with Gasteiger partial charge < -0.3 is 5.11 Å². The molecule has 1 fully saturated rings. The molecule has 0 amide bonds. The highest BCUT2D eigenvalue weighted by molar-refractivity contribution is 5.34. The van der Waals surface area contributed by atoms with Crippen LogP contribution in [-0.4, -0.2) is 23.8 Å². The highest BCUT2D eigenvalue weighted by atomic mass is 19.1. The van der Waals surface area contributed by atoms with Crippen molar-refractivity contribution in [1.29, 1.82) is 0 Å². The molecule has 0 radical (unpaired) electrons. The molecule has 0 atom stereocenters. The smallest absolute Gasteiger partial charge is 0.123 e. The molecule has 0 spiro atoms. The molecular weight excluding hydrogens is 229 g/mol. The highest BCUT2D eigenvalue weighted by Crippen LogP contribution is 2.28. The van der Waals surface area contributed by atoms with Gasteiger partial charge in [-0.15, -0.1) is 0 Å². The quantitative estimate of drug-likeness (QED) is 0.801. The molecule has 1 aromatic rings. The van der Waals surface area contributed by atoms with Gasteiger partial charge in [0.2, 0.25) is 0 Å². The number of rotatable bonds is 3. The zero-order valence-corrected chi connectivity index (χ0v) is 10.4. The maximum atomic E-state index is 12.7. The van der Waals surface area contributed by atoms with Crippen molar-refractivity contribution in [3.8, 4) is 11.8 Å². The molecule has 1 aliphatic rings.